The standard InChI is InChI=1S/C7H2BrCl2N2/c8-7-11-5-1-3(9)4(10)2-6(5)12-7/h1-2H. The number of halogens is 3. The van der Waals surface area contributed by atoms with Crippen LogP contribution in [0.25, 0.3) is 0 Å². The maximum atomic E-state index is 5.78. The molecule has 0 saturated carbocycles. The van der Waals surface area contributed by atoms with Crippen LogP contribution in [0, 0.1) is 0 Å². The summed E-state index contributed by atoms with van der Waals surface area (Å²) in [7, 11) is 0. The zero-order valence-electron chi connectivity index (χ0n) is 5.68. The first-order chi connectivity index (χ1) is 5.66. The van der Waals surface area contributed by atoms with Gasteiger partial charge in [0.25, 0.3) is 0 Å². The third-order valence-corrected chi connectivity index (χ3v) is 2.52. The summed E-state index contributed by atoms with van der Waals surface area (Å²) in [5.74, 6) is 0. The van der Waals surface area contributed by atoms with Crippen molar-refractivity contribution in [3.63, 3.8) is 0 Å². The summed E-state index contributed by atoms with van der Waals surface area (Å²) < 4.78 is 0.552. The Bertz CT molecular complexity index is 376. The predicted molar refractivity (Wildman–Crippen MR) is 54.3 cm³/mol. The van der Waals surface area contributed by atoms with Crippen molar-refractivity contribution in [3.05, 3.63) is 22.2 Å². The van der Waals surface area contributed by atoms with Gasteiger partial charge in [-0.1, -0.05) is 23.2 Å². The monoisotopic (exact) mass is 263 g/mol. The zero-order chi connectivity index (χ0) is 8.72. The highest BCUT2D eigenvalue weighted by Crippen LogP contribution is 2.38. The third-order valence-electron chi connectivity index (χ3n) is 1.44. The van der Waals surface area contributed by atoms with E-state index in [-0.39, 0.29) is 0 Å². The molecule has 12 heavy (non-hydrogen) atoms. The largest absolute Gasteiger partial charge is 0.220 e. The van der Waals surface area contributed by atoms with Crippen LogP contribution in [0.15, 0.2) is 17.1 Å². The van der Waals surface area contributed by atoms with E-state index in [1.165, 1.54) is 0 Å². The van der Waals surface area contributed by atoms with E-state index in [4.69, 9.17) is 23.2 Å². The molecule has 1 aromatic carbocycles. The van der Waals surface area contributed by atoms with Gasteiger partial charge >= 0.3 is 0 Å². The molecular weight excluding hydrogens is 263 g/mol. The molecule has 0 saturated heterocycles. The molecule has 1 heterocycles. The number of amidine groups is 1. The van der Waals surface area contributed by atoms with Crippen molar-refractivity contribution in [3.8, 4) is 0 Å². The first kappa shape index (κ1) is 8.35. The predicted octanol–water partition coefficient (Wildman–Crippen LogP) is 3.63. The van der Waals surface area contributed by atoms with Gasteiger partial charge in [0, 0.05) is 0 Å². The minimum Gasteiger partial charge on any atom is -0.220 e. The van der Waals surface area contributed by atoms with Crippen LogP contribution in [-0.4, -0.2) is 4.74 Å². The average molecular weight is 265 g/mol. The number of hydrogen-bond donors (Lipinski definition) is 0. The number of fused-ring (bicyclic) bond motifs is 1. The molecule has 0 spiro atoms. The lowest BCUT2D eigenvalue weighted by Gasteiger charge is -1.98. The van der Waals surface area contributed by atoms with Crippen molar-refractivity contribution in [1.82, 2.24) is 5.32 Å². The molecule has 1 radical (unpaired) electrons. The van der Waals surface area contributed by atoms with E-state index in [0.717, 1.165) is 11.4 Å². The van der Waals surface area contributed by atoms with Gasteiger partial charge in [-0.15, -0.1) is 0 Å². The topological polar surface area (TPSA) is 26.5 Å². The highest BCUT2D eigenvalue weighted by Gasteiger charge is 2.15. The van der Waals surface area contributed by atoms with Gasteiger partial charge in [0.05, 0.1) is 21.4 Å². The van der Waals surface area contributed by atoms with Crippen LogP contribution in [0.2, 0.25) is 10.0 Å². The van der Waals surface area contributed by atoms with Gasteiger partial charge in [-0.05, 0) is 28.1 Å². The molecule has 0 amide bonds. The number of nitrogens with zero attached hydrogens (tertiary/aromatic N) is 2. The van der Waals surface area contributed by atoms with Crippen molar-refractivity contribution in [2.24, 2.45) is 4.99 Å². The molecule has 0 aromatic heterocycles. The number of rotatable bonds is 0. The molecule has 1 aromatic rings. The summed E-state index contributed by atoms with van der Waals surface area (Å²) in [6.07, 6.45) is 0. The van der Waals surface area contributed by atoms with Crippen LogP contribution in [0.5, 0.6) is 0 Å². The quantitative estimate of drug-likeness (QED) is 0.640. The van der Waals surface area contributed by atoms with E-state index in [2.05, 4.69) is 26.2 Å². The summed E-state index contributed by atoms with van der Waals surface area (Å²) in [4.78, 5) is 4.08. The van der Waals surface area contributed by atoms with Gasteiger partial charge in [-0.3, -0.25) is 0 Å². The number of hydrogen-bond acceptors (Lipinski definition) is 1. The Hall–Kier alpha value is -0.250. The van der Waals surface area contributed by atoms with Crippen LogP contribution in [0.1, 0.15) is 0 Å². The van der Waals surface area contributed by atoms with E-state index in [0.29, 0.717) is 14.8 Å². The fourth-order valence-corrected chi connectivity index (χ4v) is 1.63. The van der Waals surface area contributed by atoms with E-state index in [1.807, 2.05) is 0 Å². The Morgan fingerprint density at radius 2 is 1.67 bits per heavy atom. The Balaban J connectivity index is 2.57. The van der Waals surface area contributed by atoms with E-state index in [9.17, 15) is 0 Å². The fraction of sp³-hybridized carbons (Fsp3) is 0. The van der Waals surface area contributed by atoms with Crippen LogP contribution < -0.4 is 5.32 Å². The molecule has 0 N–H and O–H groups in total. The second kappa shape index (κ2) is 2.91. The van der Waals surface area contributed by atoms with E-state index < -0.39 is 0 Å². The maximum absolute atomic E-state index is 5.78. The number of aliphatic imine (C=N–C) groups is 1. The van der Waals surface area contributed by atoms with Gasteiger partial charge in [-0.2, -0.15) is 0 Å². The van der Waals surface area contributed by atoms with Gasteiger partial charge < -0.3 is 0 Å². The normalized spacial score (nSPS) is 13.8. The van der Waals surface area contributed by atoms with Crippen LogP contribution >= 0.6 is 39.1 Å². The molecule has 0 bridgehead atoms. The molecule has 0 aliphatic carbocycles. The summed E-state index contributed by atoms with van der Waals surface area (Å²) in [6.45, 7) is 0. The summed E-state index contributed by atoms with van der Waals surface area (Å²) in [5, 5.41) is 5.07. The molecule has 0 fully saturated rings. The highest BCUT2D eigenvalue weighted by molar-refractivity contribution is 9.18. The van der Waals surface area contributed by atoms with Crippen LogP contribution in [0.3, 0.4) is 0 Å². The fourth-order valence-electron chi connectivity index (χ4n) is 0.929. The highest BCUT2D eigenvalue weighted by atomic mass is 79.9. The second-order valence-corrected chi connectivity index (χ2v) is 3.77. The summed E-state index contributed by atoms with van der Waals surface area (Å²) in [5.41, 5.74) is 1.49. The van der Waals surface area contributed by atoms with Crippen LogP contribution in [0.4, 0.5) is 11.4 Å². The molecule has 5 heteroatoms. The lowest BCUT2D eigenvalue weighted by molar-refractivity contribution is 1.35. The molecule has 1 aliphatic rings. The Morgan fingerprint density at radius 1 is 1.08 bits per heavy atom. The van der Waals surface area contributed by atoms with Gasteiger partial charge in [0.1, 0.15) is 0 Å². The van der Waals surface area contributed by atoms with Crippen molar-refractivity contribution in [1.29, 1.82) is 0 Å². The van der Waals surface area contributed by atoms with Crippen molar-refractivity contribution < 1.29 is 0 Å². The van der Waals surface area contributed by atoms with E-state index in [1.54, 1.807) is 12.1 Å². The lowest BCUT2D eigenvalue weighted by atomic mass is 10.3. The Morgan fingerprint density at radius 3 is 2.33 bits per heavy atom. The minimum absolute atomic E-state index is 0.497. The third kappa shape index (κ3) is 1.32. The minimum atomic E-state index is 0.497. The molecule has 2 rings (SSSR count). The average Bonchev–Trinajstić information content (AvgIpc) is 2.30. The zero-order valence-corrected chi connectivity index (χ0v) is 8.78. The van der Waals surface area contributed by atoms with Gasteiger partial charge in [-0.25, -0.2) is 10.3 Å². The molecule has 1 aliphatic heterocycles. The maximum Gasteiger partial charge on any atom is 0.197 e. The molecule has 0 unspecified atom stereocenters. The van der Waals surface area contributed by atoms with Crippen molar-refractivity contribution in [2.45, 2.75) is 0 Å². The Labute approximate surface area is 87.7 Å². The molecule has 61 valence electrons. The first-order valence-electron chi connectivity index (χ1n) is 3.12. The summed E-state index contributed by atoms with van der Waals surface area (Å²) >= 11 is 14.7. The Kier molecular flexibility index (Phi) is 2.02. The smallest absolute Gasteiger partial charge is 0.197 e. The first-order valence-corrected chi connectivity index (χ1v) is 4.67. The van der Waals surface area contributed by atoms with Crippen LogP contribution in [-0.2, 0) is 0 Å². The molecular formula is C7H2BrCl2N2. The van der Waals surface area contributed by atoms with E-state index >= 15 is 0 Å². The SMILES string of the molecule is Clc1cc2c(cc1Cl)N=C(Br)[N]2. The number of benzene rings is 1. The molecule has 2 nitrogen and oxygen atoms in total. The van der Waals surface area contributed by atoms with Gasteiger partial charge in [0.15, 0.2) is 4.74 Å². The van der Waals surface area contributed by atoms with Crippen molar-refractivity contribution in [2.75, 3.05) is 0 Å². The summed E-state index contributed by atoms with van der Waals surface area (Å²) in [6, 6.07) is 3.38. The van der Waals surface area contributed by atoms with Gasteiger partial charge in [0.2, 0.25) is 0 Å². The lowest BCUT2D eigenvalue weighted by Crippen LogP contribution is -1.94. The second-order valence-electron chi connectivity index (χ2n) is 2.25. The molecule has 0 atom stereocenters. The van der Waals surface area contributed by atoms with Crippen molar-refractivity contribution >= 4 is 55.3 Å².